The molecule has 20 heavy (non-hydrogen) atoms. The highest BCUT2D eigenvalue weighted by atomic mass is 32.1. The van der Waals surface area contributed by atoms with Crippen LogP contribution in [0.2, 0.25) is 0 Å². The Labute approximate surface area is 122 Å². The van der Waals surface area contributed by atoms with Crippen LogP contribution in [0.4, 0.5) is 0 Å². The Balaban J connectivity index is 1.76. The molecule has 1 aliphatic rings. The van der Waals surface area contributed by atoms with Crippen LogP contribution in [0.25, 0.3) is 11.5 Å². The van der Waals surface area contributed by atoms with Gasteiger partial charge in [-0.3, -0.25) is 0 Å². The van der Waals surface area contributed by atoms with Gasteiger partial charge in [-0.15, -0.1) is 11.3 Å². The van der Waals surface area contributed by atoms with E-state index in [4.69, 9.17) is 4.52 Å². The van der Waals surface area contributed by atoms with Crippen molar-refractivity contribution < 1.29 is 4.52 Å². The fourth-order valence-electron chi connectivity index (χ4n) is 2.81. The molecule has 1 fully saturated rings. The fourth-order valence-corrected chi connectivity index (χ4v) is 3.34. The molecule has 0 aliphatic heterocycles. The second kappa shape index (κ2) is 6.45. The van der Waals surface area contributed by atoms with E-state index in [9.17, 15) is 0 Å². The van der Waals surface area contributed by atoms with Crippen molar-refractivity contribution in [3.63, 3.8) is 0 Å². The summed E-state index contributed by atoms with van der Waals surface area (Å²) in [5.41, 5.74) is 2.59. The summed E-state index contributed by atoms with van der Waals surface area (Å²) in [6, 6.07) is 0.465. The van der Waals surface area contributed by atoms with Gasteiger partial charge in [0, 0.05) is 11.4 Å². The first-order valence-electron chi connectivity index (χ1n) is 7.34. The molecule has 0 radical (unpaired) electrons. The van der Waals surface area contributed by atoms with E-state index in [1.165, 1.54) is 19.3 Å². The van der Waals surface area contributed by atoms with Gasteiger partial charge in [0.05, 0.1) is 11.4 Å². The topological polar surface area (TPSA) is 63.8 Å². The van der Waals surface area contributed by atoms with Gasteiger partial charge in [0.15, 0.2) is 0 Å². The SMILES string of the molecule is CCCNC1CCCCC1c1nc(-c2cscn2)no1. The van der Waals surface area contributed by atoms with E-state index >= 15 is 0 Å². The van der Waals surface area contributed by atoms with Crippen molar-refractivity contribution in [2.24, 2.45) is 0 Å². The lowest BCUT2D eigenvalue weighted by atomic mass is 9.84. The standard InChI is InChI=1S/C14H20N4OS/c1-2-7-15-11-6-4-3-5-10(11)14-17-13(18-19-14)12-8-20-9-16-12/h8-11,15H,2-7H2,1H3. The van der Waals surface area contributed by atoms with E-state index in [0.717, 1.165) is 31.0 Å². The molecule has 0 amide bonds. The van der Waals surface area contributed by atoms with Crippen molar-refractivity contribution in [3.8, 4) is 11.5 Å². The van der Waals surface area contributed by atoms with Crippen LogP contribution in [-0.2, 0) is 0 Å². The van der Waals surface area contributed by atoms with Crippen LogP contribution in [0.1, 0.15) is 50.8 Å². The zero-order valence-electron chi connectivity index (χ0n) is 11.7. The molecular weight excluding hydrogens is 272 g/mol. The molecule has 2 unspecified atom stereocenters. The van der Waals surface area contributed by atoms with E-state index in [1.54, 1.807) is 16.8 Å². The van der Waals surface area contributed by atoms with Gasteiger partial charge in [0.25, 0.3) is 0 Å². The lowest BCUT2D eigenvalue weighted by Crippen LogP contribution is -2.37. The maximum atomic E-state index is 5.50. The second-order valence-corrected chi connectivity index (χ2v) is 6.00. The predicted octanol–water partition coefficient (Wildman–Crippen LogP) is 3.22. The summed E-state index contributed by atoms with van der Waals surface area (Å²) in [4.78, 5) is 8.79. The van der Waals surface area contributed by atoms with Gasteiger partial charge in [0.1, 0.15) is 5.69 Å². The van der Waals surface area contributed by atoms with E-state index in [2.05, 4.69) is 27.4 Å². The van der Waals surface area contributed by atoms with Crippen molar-refractivity contribution >= 4 is 11.3 Å². The normalized spacial score (nSPS) is 23.1. The minimum Gasteiger partial charge on any atom is -0.339 e. The molecule has 0 bridgehead atoms. The van der Waals surface area contributed by atoms with Crippen molar-refractivity contribution in [1.29, 1.82) is 0 Å². The van der Waals surface area contributed by atoms with E-state index in [0.29, 0.717) is 17.8 Å². The van der Waals surface area contributed by atoms with Gasteiger partial charge in [-0.2, -0.15) is 4.98 Å². The number of hydrogen-bond donors (Lipinski definition) is 1. The molecule has 5 nitrogen and oxygen atoms in total. The summed E-state index contributed by atoms with van der Waals surface area (Å²) in [5.74, 6) is 1.72. The van der Waals surface area contributed by atoms with Crippen molar-refractivity contribution in [1.82, 2.24) is 20.4 Å². The van der Waals surface area contributed by atoms with Crippen molar-refractivity contribution in [3.05, 3.63) is 16.8 Å². The lowest BCUT2D eigenvalue weighted by molar-refractivity contribution is 0.263. The average Bonchev–Trinajstić information content (AvgIpc) is 3.15. The summed E-state index contributed by atoms with van der Waals surface area (Å²) in [5, 5.41) is 9.65. The molecule has 2 aromatic heterocycles. The summed E-state index contributed by atoms with van der Waals surface area (Å²) >= 11 is 1.55. The van der Waals surface area contributed by atoms with Crippen LogP contribution in [-0.4, -0.2) is 27.7 Å². The second-order valence-electron chi connectivity index (χ2n) is 5.28. The highest BCUT2D eigenvalue weighted by molar-refractivity contribution is 7.07. The van der Waals surface area contributed by atoms with Gasteiger partial charge in [0.2, 0.25) is 11.7 Å². The number of aromatic nitrogens is 3. The number of rotatable bonds is 5. The molecule has 0 spiro atoms. The largest absolute Gasteiger partial charge is 0.339 e. The third-order valence-electron chi connectivity index (χ3n) is 3.84. The minimum absolute atomic E-state index is 0.343. The van der Waals surface area contributed by atoms with Gasteiger partial charge in [-0.25, -0.2) is 4.98 Å². The molecule has 2 aromatic rings. The van der Waals surface area contributed by atoms with Crippen LogP contribution in [0.5, 0.6) is 0 Å². The zero-order valence-corrected chi connectivity index (χ0v) is 12.5. The number of hydrogen-bond acceptors (Lipinski definition) is 6. The van der Waals surface area contributed by atoms with Crippen LogP contribution in [0, 0.1) is 0 Å². The first-order valence-corrected chi connectivity index (χ1v) is 8.28. The number of nitrogens with zero attached hydrogens (tertiary/aromatic N) is 3. The molecule has 1 aliphatic carbocycles. The Morgan fingerprint density at radius 1 is 1.40 bits per heavy atom. The Hall–Kier alpha value is -1.27. The van der Waals surface area contributed by atoms with Crippen LogP contribution < -0.4 is 5.32 Å². The van der Waals surface area contributed by atoms with E-state index < -0.39 is 0 Å². The Bertz CT molecular complexity index is 525. The molecular formula is C14H20N4OS. The molecule has 2 heterocycles. The molecule has 0 saturated heterocycles. The van der Waals surface area contributed by atoms with Crippen LogP contribution in [0.15, 0.2) is 15.4 Å². The summed E-state index contributed by atoms with van der Waals surface area (Å²) in [7, 11) is 0. The average molecular weight is 292 g/mol. The van der Waals surface area contributed by atoms with Gasteiger partial charge < -0.3 is 9.84 Å². The number of thiazole rings is 1. The van der Waals surface area contributed by atoms with E-state index in [-0.39, 0.29) is 0 Å². The molecule has 0 aromatic carbocycles. The molecule has 6 heteroatoms. The van der Waals surface area contributed by atoms with Gasteiger partial charge >= 0.3 is 0 Å². The third-order valence-corrected chi connectivity index (χ3v) is 4.43. The Morgan fingerprint density at radius 2 is 2.30 bits per heavy atom. The summed E-state index contributed by atoms with van der Waals surface area (Å²) in [6.45, 7) is 3.24. The van der Waals surface area contributed by atoms with E-state index in [1.807, 2.05) is 5.38 Å². The van der Waals surface area contributed by atoms with Crippen LogP contribution >= 0.6 is 11.3 Å². The smallest absolute Gasteiger partial charge is 0.231 e. The molecule has 1 N–H and O–H groups in total. The van der Waals surface area contributed by atoms with Gasteiger partial charge in [-0.05, 0) is 25.8 Å². The molecule has 1 saturated carbocycles. The predicted molar refractivity (Wildman–Crippen MR) is 78.7 cm³/mol. The maximum absolute atomic E-state index is 5.50. The molecule has 3 rings (SSSR count). The van der Waals surface area contributed by atoms with Gasteiger partial charge in [-0.1, -0.05) is 24.9 Å². The highest BCUT2D eigenvalue weighted by Crippen LogP contribution is 2.33. The third kappa shape index (κ3) is 2.91. The van der Waals surface area contributed by atoms with Crippen LogP contribution in [0.3, 0.4) is 0 Å². The molecule has 108 valence electrons. The number of nitrogens with one attached hydrogen (secondary N) is 1. The van der Waals surface area contributed by atoms with Crippen molar-refractivity contribution in [2.75, 3.05) is 6.54 Å². The summed E-state index contributed by atoms with van der Waals surface area (Å²) in [6.07, 6.45) is 5.99. The first-order chi connectivity index (χ1) is 9.88. The monoisotopic (exact) mass is 292 g/mol. The molecule has 2 atom stereocenters. The Morgan fingerprint density at radius 3 is 3.10 bits per heavy atom. The first kappa shape index (κ1) is 13.7. The maximum Gasteiger partial charge on any atom is 0.231 e. The minimum atomic E-state index is 0.343. The lowest BCUT2D eigenvalue weighted by Gasteiger charge is -2.29. The Kier molecular flexibility index (Phi) is 4.42. The quantitative estimate of drug-likeness (QED) is 0.916. The summed E-state index contributed by atoms with van der Waals surface area (Å²) < 4.78 is 5.50. The highest BCUT2D eigenvalue weighted by Gasteiger charge is 2.30. The fraction of sp³-hybridized carbons (Fsp3) is 0.643. The van der Waals surface area contributed by atoms with Crippen molar-refractivity contribution in [2.45, 2.75) is 51.0 Å². The zero-order chi connectivity index (χ0) is 13.8.